The molecule has 0 saturated carbocycles. The number of nitrogens with zero attached hydrogens (tertiary/aromatic N) is 2. The van der Waals surface area contributed by atoms with Gasteiger partial charge in [-0.2, -0.15) is 0 Å². The van der Waals surface area contributed by atoms with Crippen LogP contribution in [0.4, 0.5) is 0 Å². The van der Waals surface area contributed by atoms with E-state index in [1.165, 1.54) is 0 Å². The zero-order valence-corrected chi connectivity index (χ0v) is 16.4. The maximum Gasteiger partial charge on any atom is 0.260 e. The molecule has 0 bridgehead atoms. The van der Waals surface area contributed by atoms with Crippen molar-refractivity contribution in [2.45, 2.75) is 13.0 Å². The molecule has 0 aliphatic rings. The van der Waals surface area contributed by atoms with Gasteiger partial charge in [-0.05, 0) is 37.3 Å². The number of carbonyl (C=O) groups excluding carboxylic acids is 1. The smallest absolute Gasteiger partial charge is 0.260 e. The highest BCUT2D eigenvalue weighted by Crippen LogP contribution is 2.18. The quantitative estimate of drug-likeness (QED) is 0.563. The molecule has 1 aromatic heterocycles. The zero-order chi connectivity index (χ0) is 20.5. The molecule has 0 fully saturated rings. The number of hydrogen-bond donors (Lipinski definition) is 1. The fraction of sp³-hybridized carbons (Fsp3) is 0.227. The summed E-state index contributed by atoms with van der Waals surface area (Å²) in [7, 11) is 1.59. The van der Waals surface area contributed by atoms with Crippen LogP contribution in [-0.4, -0.2) is 42.5 Å². The van der Waals surface area contributed by atoms with E-state index in [4.69, 9.17) is 14.2 Å². The highest BCUT2D eigenvalue weighted by molar-refractivity contribution is 5.80. The maximum atomic E-state index is 12.1. The van der Waals surface area contributed by atoms with E-state index >= 15 is 0 Å². The summed E-state index contributed by atoms with van der Waals surface area (Å²) in [5, 5.41) is 11.0. The summed E-state index contributed by atoms with van der Waals surface area (Å²) in [5.74, 6) is 1.50. The molecule has 3 aromatic rings. The third kappa shape index (κ3) is 5.93. The average molecular weight is 393 g/mol. The number of methoxy groups -OCH3 is 1. The lowest BCUT2D eigenvalue weighted by atomic mass is 10.1. The first kappa shape index (κ1) is 20.1. The third-order valence-electron chi connectivity index (χ3n) is 4.10. The molecule has 1 atom stereocenters. The van der Waals surface area contributed by atoms with E-state index < -0.39 is 6.10 Å². The number of hydrogen-bond acceptors (Lipinski definition) is 6. The SMILES string of the molecule is COc1ccc(OC(C)C(=O)NCCOc2ccc(-c3ccccc3)nn2)cc1. The standard InChI is InChI=1S/C22H23N3O4/c1-16(29-19-10-8-18(27-2)9-11-19)22(26)23-14-15-28-21-13-12-20(24-25-21)17-6-4-3-5-7-17/h3-13,16H,14-15H2,1-2H3,(H,23,26). The van der Waals surface area contributed by atoms with Crippen molar-refractivity contribution in [1.82, 2.24) is 15.5 Å². The largest absolute Gasteiger partial charge is 0.497 e. The van der Waals surface area contributed by atoms with Crippen molar-refractivity contribution in [3.05, 3.63) is 66.7 Å². The van der Waals surface area contributed by atoms with Crippen LogP contribution in [-0.2, 0) is 4.79 Å². The molecule has 0 saturated heterocycles. The van der Waals surface area contributed by atoms with Crippen LogP contribution in [0.15, 0.2) is 66.7 Å². The summed E-state index contributed by atoms with van der Waals surface area (Å²) >= 11 is 0. The molecule has 7 nitrogen and oxygen atoms in total. The Morgan fingerprint density at radius 3 is 2.34 bits per heavy atom. The van der Waals surface area contributed by atoms with Crippen LogP contribution < -0.4 is 19.5 Å². The second-order valence-corrected chi connectivity index (χ2v) is 6.20. The first-order valence-electron chi connectivity index (χ1n) is 9.26. The van der Waals surface area contributed by atoms with Crippen LogP contribution in [0.2, 0.25) is 0 Å². The minimum Gasteiger partial charge on any atom is -0.497 e. The van der Waals surface area contributed by atoms with Gasteiger partial charge in [-0.15, -0.1) is 10.2 Å². The van der Waals surface area contributed by atoms with Gasteiger partial charge in [-0.1, -0.05) is 30.3 Å². The Kier molecular flexibility index (Phi) is 7.00. The van der Waals surface area contributed by atoms with Crippen LogP contribution in [0.3, 0.4) is 0 Å². The van der Waals surface area contributed by atoms with E-state index in [-0.39, 0.29) is 12.5 Å². The molecule has 1 heterocycles. The molecule has 0 aliphatic heterocycles. The van der Waals surface area contributed by atoms with Crippen LogP contribution in [0, 0.1) is 0 Å². The van der Waals surface area contributed by atoms with Gasteiger partial charge in [0.15, 0.2) is 6.10 Å². The number of nitrogens with one attached hydrogen (secondary N) is 1. The Morgan fingerprint density at radius 1 is 0.966 bits per heavy atom. The molecule has 3 rings (SSSR count). The van der Waals surface area contributed by atoms with E-state index in [2.05, 4.69) is 15.5 Å². The van der Waals surface area contributed by atoms with E-state index in [1.54, 1.807) is 44.4 Å². The van der Waals surface area contributed by atoms with Crippen molar-refractivity contribution >= 4 is 5.91 Å². The van der Waals surface area contributed by atoms with Crippen LogP contribution in [0.25, 0.3) is 11.3 Å². The summed E-state index contributed by atoms with van der Waals surface area (Å²) in [4.78, 5) is 12.1. The van der Waals surface area contributed by atoms with Gasteiger partial charge in [0.25, 0.3) is 5.91 Å². The lowest BCUT2D eigenvalue weighted by molar-refractivity contribution is -0.127. The zero-order valence-electron chi connectivity index (χ0n) is 16.4. The van der Waals surface area contributed by atoms with Crippen LogP contribution in [0.1, 0.15) is 6.92 Å². The van der Waals surface area contributed by atoms with E-state index in [0.717, 1.165) is 17.0 Å². The molecular weight excluding hydrogens is 370 g/mol. The highest BCUT2D eigenvalue weighted by Gasteiger charge is 2.14. The Bertz CT molecular complexity index is 900. The lowest BCUT2D eigenvalue weighted by Gasteiger charge is -2.15. The van der Waals surface area contributed by atoms with E-state index in [1.807, 2.05) is 36.4 Å². The van der Waals surface area contributed by atoms with Gasteiger partial charge in [0, 0.05) is 11.6 Å². The van der Waals surface area contributed by atoms with E-state index in [0.29, 0.717) is 18.2 Å². The summed E-state index contributed by atoms with van der Waals surface area (Å²) in [5.41, 5.74) is 1.76. The Balaban J connectivity index is 1.39. The lowest BCUT2D eigenvalue weighted by Crippen LogP contribution is -2.38. The van der Waals surface area contributed by atoms with Gasteiger partial charge in [0.05, 0.1) is 19.3 Å². The van der Waals surface area contributed by atoms with Gasteiger partial charge in [0.1, 0.15) is 18.1 Å². The Hall–Kier alpha value is -3.61. The highest BCUT2D eigenvalue weighted by atomic mass is 16.5. The molecule has 1 unspecified atom stereocenters. The van der Waals surface area contributed by atoms with Gasteiger partial charge in [-0.3, -0.25) is 4.79 Å². The fourth-order valence-electron chi connectivity index (χ4n) is 2.55. The second-order valence-electron chi connectivity index (χ2n) is 6.20. The minimum atomic E-state index is -0.631. The van der Waals surface area contributed by atoms with Crippen molar-refractivity contribution in [1.29, 1.82) is 0 Å². The topological polar surface area (TPSA) is 82.6 Å². The molecule has 7 heteroatoms. The van der Waals surface area contributed by atoms with Crippen molar-refractivity contribution in [2.75, 3.05) is 20.3 Å². The van der Waals surface area contributed by atoms with Gasteiger partial charge in [0.2, 0.25) is 5.88 Å². The van der Waals surface area contributed by atoms with E-state index in [9.17, 15) is 4.79 Å². The molecule has 0 spiro atoms. The summed E-state index contributed by atoms with van der Waals surface area (Å²) in [6, 6.07) is 20.4. The van der Waals surface area contributed by atoms with Gasteiger partial charge < -0.3 is 19.5 Å². The second kappa shape index (κ2) is 10.1. The Morgan fingerprint density at radius 2 is 1.69 bits per heavy atom. The molecular formula is C22H23N3O4. The summed E-state index contributed by atoms with van der Waals surface area (Å²) in [6.07, 6.45) is -0.631. The third-order valence-corrected chi connectivity index (χ3v) is 4.10. The van der Waals surface area contributed by atoms with Crippen LogP contribution in [0.5, 0.6) is 17.4 Å². The number of aromatic nitrogens is 2. The monoisotopic (exact) mass is 393 g/mol. The van der Waals surface area contributed by atoms with Crippen molar-refractivity contribution in [3.63, 3.8) is 0 Å². The maximum absolute atomic E-state index is 12.1. The van der Waals surface area contributed by atoms with Crippen molar-refractivity contribution in [2.24, 2.45) is 0 Å². The molecule has 0 radical (unpaired) electrons. The molecule has 150 valence electrons. The number of rotatable bonds is 9. The minimum absolute atomic E-state index is 0.227. The normalized spacial score (nSPS) is 11.4. The molecule has 0 aliphatic carbocycles. The van der Waals surface area contributed by atoms with Crippen LogP contribution >= 0.6 is 0 Å². The van der Waals surface area contributed by atoms with Crippen molar-refractivity contribution < 1.29 is 19.0 Å². The number of benzene rings is 2. The molecule has 29 heavy (non-hydrogen) atoms. The average Bonchev–Trinajstić information content (AvgIpc) is 2.78. The predicted octanol–water partition coefficient (Wildman–Crippen LogP) is 3.11. The number of carbonyl (C=O) groups is 1. The van der Waals surface area contributed by atoms with Gasteiger partial charge >= 0.3 is 0 Å². The number of ether oxygens (including phenoxy) is 3. The fourth-order valence-corrected chi connectivity index (χ4v) is 2.55. The first-order valence-corrected chi connectivity index (χ1v) is 9.26. The molecule has 1 amide bonds. The Labute approximate surface area is 169 Å². The first-order chi connectivity index (χ1) is 14.2. The number of amides is 1. The predicted molar refractivity (Wildman–Crippen MR) is 109 cm³/mol. The molecule has 2 aromatic carbocycles. The van der Waals surface area contributed by atoms with Crippen molar-refractivity contribution in [3.8, 4) is 28.6 Å². The van der Waals surface area contributed by atoms with Gasteiger partial charge in [-0.25, -0.2) is 0 Å². The molecule has 1 N–H and O–H groups in total. The summed E-state index contributed by atoms with van der Waals surface area (Å²) < 4.78 is 16.2. The summed E-state index contributed by atoms with van der Waals surface area (Å²) in [6.45, 7) is 2.30.